The van der Waals surface area contributed by atoms with E-state index in [2.05, 4.69) is 16.9 Å². The molecule has 1 aliphatic rings. The minimum Gasteiger partial charge on any atom is -0.389 e. The van der Waals surface area contributed by atoms with Crippen LogP contribution < -0.4 is 4.90 Å². The van der Waals surface area contributed by atoms with Crippen molar-refractivity contribution >= 4 is 5.69 Å². The van der Waals surface area contributed by atoms with Crippen molar-refractivity contribution in [3.63, 3.8) is 0 Å². The van der Waals surface area contributed by atoms with Crippen LogP contribution >= 0.6 is 0 Å². The van der Waals surface area contributed by atoms with Crippen LogP contribution in [-0.4, -0.2) is 18.2 Å². The zero-order chi connectivity index (χ0) is 13.8. The first-order valence-electron chi connectivity index (χ1n) is 6.56. The molecule has 1 aromatic carbocycles. The Morgan fingerprint density at radius 3 is 2.79 bits per heavy atom. The lowest BCUT2D eigenvalue weighted by molar-refractivity contribution is 0.199. The molecular weight excluding hydrogens is 236 g/mol. The fourth-order valence-electron chi connectivity index (χ4n) is 2.21. The first-order chi connectivity index (χ1) is 9.15. The minimum absolute atomic E-state index is 0.505. The van der Waals surface area contributed by atoms with Gasteiger partial charge in [0.15, 0.2) is 0 Å². The van der Waals surface area contributed by atoms with Crippen molar-refractivity contribution in [3.05, 3.63) is 29.3 Å². The van der Waals surface area contributed by atoms with E-state index >= 15 is 0 Å². The van der Waals surface area contributed by atoms with Gasteiger partial charge in [-0.3, -0.25) is 0 Å². The van der Waals surface area contributed by atoms with Crippen LogP contribution in [0.5, 0.6) is 0 Å². The first-order valence-corrected chi connectivity index (χ1v) is 6.56. The quantitative estimate of drug-likeness (QED) is 0.821. The first kappa shape index (κ1) is 13.5. The highest BCUT2D eigenvalue weighted by Gasteiger charge is 2.25. The van der Waals surface area contributed by atoms with Gasteiger partial charge < -0.3 is 10.0 Å². The molecular formula is C16H18N2O. The molecule has 0 spiro atoms. The molecule has 0 heterocycles. The molecule has 0 aromatic heterocycles. The summed E-state index contributed by atoms with van der Waals surface area (Å²) in [4.78, 5) is 2.10. The normalized spacial score (nSPS) is 15.4. The molecule has 0 saturated heterocycles. The largest absolute Gasteiger partial charge is 0.389 e. The van der Waals surface area contributed by atoms with Gasteiger partial charge in [0.2, 0.25) is 0 Å². The molecule has 0 aliphatic heterocycles. The Morgan fingerprint density at radius 1 is 1.53 bits per heavy atom. The van der Waals surface area contributed by atoms with Gasteiger partial charge in [-0.15, -0.1) is 6.42 Å². The van der Waals surface area contributed by atoms with Gasteiger partial charge in [0, 0.05) is 17.8 Å². The topological polar surface area (TPSA) is 47.3 Å². The predicted octanol–water partition coefficient (Wildman–Crippen LogP) is 2.46. The molecule has 3 nitrogen and oxygen atoms in total. The van der Waals surface area contributed by atoms with Crippen LogP contribution in [0.1, 0.15) is 37.0 Å². The summed E-state index contributed by atoms with van der Waals surface area (Å²) in [6.45, 7) is 3.14. The van der Waals surface area contributed by atoms with Gasteiger partial charge in [-0.1, -0.05) is 12.0 Å². The molecule has 0 amide bonds. The van der Waals surface area contributed by atoms with Crippen LogP contribution in [0.25, 0.3) is 0 Å². The fraction of sp³-hybridized carbons (Fsp3) is 0.438. The number of benzene rings is 1. The highest BCUT2D eigenvalue weighted by molar-refractivity contribution is 5.59. The van der Waals surface area contributed by atoms with Crippen molar-refractivity contribution in [1.29, 1.82) is 5.26 Å². The van der Waals surface area contributed by atoms with Crippen LogP contribution in [0.4, 0.5) is 5.69 Å². The summed E-state index contributed by atoms with van der Waals surface area (Å²) in [7, 11) is 0. The Morgan fingerprint density at radius 2 is 2.26 bits per heavy atom. The Bertz CT molecular complexity index is 533. The molecule has 0 radical (unpaired) electrons. The van der Waals surface area contributed by atoms with Crippen LogP contribution in [-0.2, 0) is 0 Å². The second-order valence-corrected chi connectivity index (χ2v) is 5.09. The van der Waals surface area contributed by atoms with E-state index in [9.17, 15) is 5.11 Å². The maximum Gasteiger partial charge on any atom is 0.0992 e. The smallest absolute Gasteiger partial charge is 0.0992 e. The lowest BCUT2D eigenvalue weighted by Crippen LogP contribution is -2.27. The van der Waals surface area contributed by atoms with Gasteiger partial charge >= 0.3 is 0 Å². The highest BCUT2D eigenvalue weighted by Crippen LogP contribution is 2.34. The van der Waals surface area contributed by atoms with Crippen LogP contribution in [0.2, 0.25) is 0 Å². The van der Waals surface area contributed by atoms with E-state index in [0.717, 1.165) is 17.8 Å². The molecule has 0 unspecified atom stereocenters. The van der Waals surface area contributed by atoms with E-state index in [4.69, 9.17) is 11.7 Å². The Balaban J connectivity index is 2.37. The zero-order valence-electron chi connectivity index (χ0n) is 11.1. The second-order valence-electron chi connectivity index (χ2n) is 5.09. The average Bonchev–Trinajstić information content (AvgIpc) is 3.21. The lowest BCUT2D eigenvalue weighted by Gasteiger charge is -2.26. The standard InChI is InChI=1S/C16H18N2O/c1-3-8-18(11-13-4-5-13)16-9-14(10-17)6-7-15(16)12(2)19/h1,6-7,9,12-13,19H,4-5,8,11H2,2H3/t12-/m0/s1. The number of rotatable bonds is 5. The Hall–Kier alpha value is -1.97. The van der Waals surface area contributed by atoms with Crippen LogP contribution in [0, 0.1) is 29.6 Å². The molecule has 1 fully saturated rings. The fourth-order valence-corrected chi connectivity index (χ4v) is 2.21. The summed E-state index contributed by atoms with van der Waals surface area (Å²) in [5.41, 5.74) is 2.31. The van der Waals surface area contributed by atoms with E-state index in [-0.39, 0.29) is 0 Å². The molecule has 19 heavy (non-hydrogen) atoms. The summed E-state index contributed by atoms with van der Waals surface area (Å²) in [6, 6.07) is 7.51. The third-order valence-corrected chi connectivity index (χ3v) is 3.41. The molecule has 1 aliphatic carbocycles. The summed E-state index contributed by atoms with van der Waals surface area (Å²) in [5, 5.41) is 18.9. The zero-order valence-corrected chi connectivity index (χ0v) is 11.1. The van der Waals surface area contributed by atoms with Crippen LogP contribution in [0.3, 0.4) is 0 Å². The number of hydrogen-bond acceptors (Lipinski definition) is 3. The van der Waals surface area contributed by atoms with Gasteiger partial charge in [-0.25, -0.2) is 0 Å². The monoisotopic (exact) mass is 254 g/mol. The summed E-state index contributed by atoms with van der Waals surface area (Å²) in [5.74, 6) is 3.36. The number of anilines is 1. The summed E-state index contributed by atoms with van der Waals surface area (Å²) < 4.78 is 0. The van der Waals surface area contributed by atoms with E-state index in [1.807, 2.05) is 12.1 Å². The van der Waals surface area contributed by atoms with Crippen molar-refractivity contribution in [2.75, 3.05) is 18.0 Å². The van der Waals surface area contributed by atoms with Crippen molar-refractivity contribution in [2.45, 2.75) is 25.9 Å². The van der Waals surface area contributed by atoms with E-state index in [1.54, 1.807) is 13.0 Å². The molecule has 2 rings (SSSR count). The van der Waals surface area contributed by atoms with Gasteiger partial charge in [0.05, 0.1) is 24.3 Å². The second kappa shape index (κ2) is 5.78. The third kappa shape index (κ3) is 3.28. The number of aliphatic hydroxyl groups excluding tert-OH is 1. The van der Waals surface area contributed by atoms with E-state index in [1.165, 1.54) is 12.8 Å². The molecule has 3 heteroatoms. The van der Waals surface area contributed by atoms with Gasteiger partial charge in [-0.2, -0.15) is 5.26 Å². The van der Waals surface area contributed by atoms with Crippen molar-refractivity contribution in [1.82, 2.24) is 0 Å². The lowest BCUT2D eigenvalue weighted by atomic mass is 10.0. The maximum atomic E-state index is 9.87. The van der Waals surface area contributed by atoms with Gasteiger partial charge in [-0.05, 0) is 37.8 Å². The maximum absolute atomic E-state index is 9.87. The molecule has 98 valence electrons. The molecule has 1 N–H and O–H groups in total. The van der Waals surface area contributed by atoms with E-state index in [0.29, 0.717) is 18.0 Å². The third-order valence-electron chi connectivity index (χ3n) is 3.41. The van der Waals surface area contributed by atoms with Crippen LogP contribution in [0.15, 0.2) is 18.2 Å². The summed E-state index contributed by atoms with van der Waals surface area (Å²) in [6.07, 6.45) is 7.35. The van der Waals surface area contributed by atoms with Gasteiger partial charge in [0.1, 0.15) is 0 Å². The molecule has 1 saturated carbocycles. The number of hydrogen-bond donors (Lipinski definition) is 1. The summed E-state index contributed by atoms with van der Waals surface area (Å²) >= 11 is 0. The van der Waals surface area contributed by atoms with Crippen molar-refractivity contribution < 1.29 is 5.11 Å². The molecule has 1 atom stereocenters. The number of nitriles is 1. The average molecular weight is 254 g/mol. The minimum atomic E-state index is -0.567. The Kier molecular flexibility index (Phi) is 4.10. The molecule has 0 bridgehead atoms. The molecule has 1 aromatic rings. The SMILES string of the molecule is C#CCN(CC1CC1)c1cc(C#N)ccc1[C@H](C)O. The van der Waals surface area contributed by atoms with E-state index < -0.39 is 6.10 Å². The highest BCUT2D eigenvalue weighted by atomic mass is 16.3. The number of aliphatic hydroxyl groups is 1. The number of terminal acetylenes is 1. The predicted molar refractivity (Wildman–Crippen MR) is 75.6 cm³/mol. The van der Waals surface area contributed by atoms with Gasteiger partial charge in [0.25, 0.3) is 0 Å². The van der Waals surface area contributed by atoms with Crippen molar-refractivity contribution in [3.8, 4) is 18.4 Å². The Labute approximate surface area is 114 Å². The van der Waals surface area contributed by atoms with Crippen molar-refractivity contribution in [2.24, 2.45) is 5.92 Å². The number of nitrogens with zero attached hydrogens (tertiary/aromatic N) is 2.